The number of ether oxygens (including phenoxy) is 1. The topological polar surface area (TPSA) is 70.2 Å². The van der Waals surface area contributed by atoms with Crippen molar-refractivity contribution in [2.45, 2.75) is 19.3 Å². The van der Waals surface area contributed by atoms with Crippen molar-refractivity contribution in [1.29, 1.82) is 0 Å². The van der Waals surface area contributed by atoms with Crippen LogP contribution in [0.15, 0.2) is 51.8 Å². The molecule has 3 rings (SSSR count). The Kier molecular flexibility index (Phi) is 4.93. The van der Waals surface area contributed by atoms with E-state index in [1.165, 1.54) is 29.0 Å². The minimum atomic E-state index is -4.82. The summed E-state index contributed by atoms with van der Waals surface area (Å²) in [6, 6.07) is 7.66. The summed E-state index contributed by atoms with van der Waals surface area (Å²) in [4.78, 5) is 12.2. The van der Waals surface area contributed by atoms with Gasteiger partial charge in [-0.3, -0.25) is 4.79 Å². The Bertz CT molecular complexity index is 997. The first-order chi connectivity index (χ1) is 12.7. The molecule has 0 amide bonds. The van der Waals surface area contributed by atoms with Gasteiger partial charge in [0, 0.05) is 17.8 Å². The Morgan fingerprint density at radius 3 is 2.56 bits per heavy atom. The van der Waals surface area contributed by atoms with Gasteiger partial charge in [-0.05, 0) is 23.8 Å². The third-order valence-corrected chi connectivity index (χ3v) is 3.36. The van der Waals surface area contributed by atoms with Gasteiger partial charge in [-0.1, -0.05) is 12.1 Å². The van der Waals surface area contributed by atoms with E-state index in [2.05, 4.69) is 14.9 Å². The van der Waals surface area contributed by atoms with Crippen LogP contribution in [0.4, 0.5) is 22.0 Å². The molecule has 0 unspecified atom stereocenters. The van der Waals surface area contributed by atoms with Crippen molar-refractivity contribution in [3.05, 3.63) is 64.4 Å². The molecule has 0 aliphatic rings. The Hall–Kier alpha value is -3.24. The lowest BCUT2D eigenvalue weighted by atomic mass is 10.2. The van der Waals surface area contributed by atoms with Crippen LogP contribution in [0.25, 0.3) is 11.5 Å². The van der Waals surface area contributed by atoms with Crippen molar-refractivity contribution < 1.29 is 31.1 Å². The molecule has 0 fully saturated rings. The molecule has 0 saturated carbocycles. The van der Waals surface area contributed by atoms with Gasteiger partial charge in [0.05, 0.1) is 6.54 Å². The van der Waals surface area contributed by atoms with Crippen LogP contribution in [0.3, 0.4) is 0 Å². The fourth-order valence-corrected chi connectivity index (χ4v) is 2.25. The molecule has 0 bridgehead atoms. The van der Waals surface area contributed by atoms with Crippen LogP contribution < -0.4 is 10.3 Å². The summed E-state index contributed by atoms with van der Waals surface area (Å²) in [5, 5.41) is 6.61. The maximum absolute atomic E-state index is 12.5. The minimum Gasteiger partial charge on any atom is -0.415 e. The standard InChI is InChI=1S/C16H10F5N3O3/c17-13(18)15-23-22-14(26-15)10-4-5-24(12(25)7-10)8-9-2-1-3-11(6-9)27-16(19,20)21/h1-7,13H,8H2. The van der Waals surface area contributed by atoms with Gasteiger partial charge in [0.15, 0.2) is 0 Å². The summed E-state index contributed by atoms with van der Waals surface area (Å²) in [5.41, 5.74) is 0.000576. The highest BCUT2D eigenvalue weighted by molar-refractivity contribution is 5.51. The van der Waals surface area contributed by atoms with E-state index in [1.807, 2.05) is 0 Å². The van der Waals surface area contributed by atoms with Crippen LogP contribution in [-0.4, -0.2) is 21.1 Å². The zero-order chi connectivity index (χ0) is 19.6. The number of hydrogen-bond donors (Lipinski definition) is 0. The minimum absolute atomic E-state index is 0.0275. The van der Waals surface area contributed by atoms with Crippen molar-refractivity contribution in [3.8, 4) is 17.2 Å². The molecule has 0 atom stereocenters. The number of nitrogens with zero attached hydrogens (tertiary/aromatic N) is 3. The summed E-state index contributed by atoms with van der Waals surface area (Å²) in [6.07, 6.45) is -6.42. The second-order valence-corrected chi connectivity index (χ2v) is 5.32. The van der Waals surface area contributed by atoms with Gasteiger partial charge < -0.3 is 13.7 Å². The molecule has 0 aliphatic heterocycles. The molecule has 0 aliphatic carbocycles. The first-order valence-electron chi connectivity index (χ1n) is 7.38. The molecule has 0 spiro atoms. The second-order valence-electron chi connectivity index (χ2n) is 5.32. The summed E-state index contributed by atoms with van der Waals surface area (Å²) in [6.45, 7) is -0.0275. The molecule has 0 radical (unpaired) electrons. The summed E-state index contributed by atoms with van der Waals surface area (Å²) < 4.78 is 71.6. The van der Waals surface area contributed by atoms with Crippen LogP contribution in [0.1, 0.15) is 17.9 Å². The number of aromatic nitrogens is 3. The third-order valence-electron chi connectivity index (χ3n) is 3.36. The predicted octanol–water partition coefficient (Wildman–Crippen LogP) is 3.78. The number of alkyl halides is 5. The SMILES string of the molecule is O=c1cc(-c2nnc(C(F)F)o2)ccn1Cc1cccc(OC(F)(F)F)c1. The smallest absolute Gasteiger partial charge is 0.415 e. The maximum Gasteiger partial charge on any atom is 0.573 e. The van der Waals surface area contributed by atoms with E-state index in [0.29, 0.717) is 5.56 Å². The normalized spacial score (nSPS) is 11.8. The maximum atomic E-state index is 12.5. The van der Waals surface area contributed by atoms with Crippen LogP contribution in [0.2, 0.25) is 0 Å². The molecule has 1 aromatic carbocycles. The second kappa shape index (κ2) is 7.17. The summed E-state index contributed by atoms with van der Waals surface area (Å²) in [7, 11) is 0. The van der Waals surface area contributed by atoms with Gasteiger partial charge in [-0.25, -0.2) is 0 Å². The summed E-state index contributed by atoms with van der Waals surface area (Å²) >= 11 is 0. The molecule has 11 heteroatoms. The molecular formula is C16H10F5N3O3. The predicted molar refractivity (Wildman–Crippen MR) is 81.2 cm³/mol. The highest BCUT2D eigenvalue weighted by Crippen LogP contribution is 2.24. The highest BCUT2D eigenvalue weighted by Gasteiger charge is 2.31. The molecule has 27 heavy (non-hydrogen) atoms. The lowest BCUT2D eigenvalue weighted by molar-refractivity contribution is -0.274. The molecule has 0 N–H and O–H groups in total. The van der Waals surface area contributed by atoms with E-state index in [4.69, 9.17) is 4.42 Å². The molecule has 0 saturated heterocycles. The molecule has 2 heterocycles. The van der Waals surface area contributed by atoms with Crippen LogP contribution in [0, 0.1) is 0 Å². The number of rotatable bonds is 5. The third kappa shape index (κ3) is 4.68. The molecule has 142 valence electrons. The van der Waals surface area contributed by atoms with Crippen molar-refractivity contribution in [3.63, 3.8) is 0 Å². The first-order valence-corrected chi connectivity index (χ1v) is 7.38. The van der Waals surface area contributed by atoms with Gasteiger partial charge in [0.25, 0.3) is 11.4 Å². The van der Waals surface area contributed by atoms with Crippen molar-refractivity contribution >= 4 is 0 Å². The van der Waals surface area contributed by atoms with Gasteiger partial charge >= 0.3 is 12.8 Å². The van der Waals surface area contributed by atoms with Crippen molar-refractivity contribution in [2.75, 3.05) is 0 Å². The molecule has 3 aromatic rings. The van der Waals surface area contributed by atoms with Crippen LogP contribution in [0.5, 0.6) is 5.75 Å². The van der Waals surface area contributed by atoms with E-state index >= 15 is 0 Å². The van der Waals surface area contributed by atoms with E-state index < -0.39 is 30.0 Å². The Morgan fingerprint density at radius 2 is 1.93 bits per heavy atom. The van der Waals surface area contributed by atoms with Crippen molar-refractivity contribution in [2.24, 2.45) is 0 Å². The highest BCUT2D eigenvalue weighted by atomic mass is 19.4. The number of halogens is 5. The largest absolute Gasteiger partial charge is 0.573 e. The van der Waals surface area contributed by atoms with Gasteiger partial charge in [0.1, 0.15) is 5.75 Å². The lowest BCUT2D eigenvalue weighted by Gasteiger charge is -2.11. The lowest BCUT2D eigenvalue weighted by Crippen LogP contribution is -2.20. The fraction of sp³-hybridized carbons (Fsp3) is 0.188. The Balaban J connectivity index is 1.80. The number of hydrogen-bond acceptors (Lipinski definition) is 5. The number of pyridine rings is 1. The average molecular weight is 387 g/mol. The van der Waals surface area contributed by atoms with E-state index in [9.17, 15) is 26.7 Å². The Morgan fingerprint density at radius 1 is 1.15 bits per heavy atom. The fourth-order valence-electron chi connectivity index (χ4n) is 2.25. The first kappa shape index (κ1) is 18.5. The van der Waals surface area contributed by atoms with Crippen LogP contribution in [-0.2, 0) is 6.54 Å². The van der Waals surface area contributed by atoms with E-state index in [1.54, 1.807) is 0 Å². The molecule has 2 aromatic heterocycles. The van der Waals surface area contributed by atoms with Gasteiger partial charge in [-0.15, -0.1) is 23.4 Å². The quantitative estimate of drug-likeness (QED) is 0.623. The molecule has 6 nitrogen and oxygen atoms in total. The average Bonchev–Trinajstić information content (AvgIpc) is 3.06. The van der Waals surface area contributed by atoms with E-state index in [0.717, 1.165) is 18.2 Å². The monoisotopic (exact) mass is 387 g/mol. The van der Waals surface area contributed by atoms with Gasteiger partial charge in [-0.2, -0.15) is 8.78 Å². The Labute approximate surface area is 147 Å². The molecular weight excluding hydrogens is 377 g/mol. The van der Waals surface area contributed by atoms with E-state index in [-0.39, 0.29) is 18.0 Å². The zero-order valence-corrected chi connectivity index (χ0v) is 13.3. The number of benzene rings is 1. The zero-order valence-electron chi connectivity index (χ0n) is 13.3. The summed E-state index contributed by atoms with van der Waals surface area (Å²) in [5.74, 6) is -1.51. The van der Waals surface area contributed by atoms with Crippen molar-refractivity contribution in [1.82, 2.24) is 14.8 Å². The van der Waals surface area contributed by atoms with Crippen LogP contribution >= 0.6 is 0 Å². The van der Waals surface area contributed by atoms with Gasteiger partial charge in [0.2, 0.25) is 5.89 Å².